The lowest BCUT2D eigenvalue weighted by Gasteiger charge is -2.37. The van der Waals surface area contributed by atoms with E-state index in [0.29, 0.717) is 17.9 Å². The normalized spacial score (nSPS) is 19.1. The maximum absolute atomic E-state index is 11.6. The Balaban J connectivity index is 2.59. The van der Waals surface area contributed by atoms with Crippen LogP contribution in [-0.2, 0) is 4.79 Å². The highest BCUT2D eigenvalue weighted by Crippen LogP contribution is 2.39. The molecule has 0 saturated heterocycles. The molecule has 1 amide bonds. The largest absolute Gasteiger partial charge is 0.475 e. The van der Waals surface area contributed by atoms with Crippen molar-refractivity contribution in [3.05, 3.63) is 12.0 Å². The van der Waals surface area contributed by atoms with Crippen molar-refractivity contribution in [1.82, 2.24) is 0 Å². The van der Waals surface area contributed by atoms with Crippen LogP contribution in [0.5, 0.6) is 0 Å². The molecule has 0 aromatic carbocycles. The van der Waals surface area contributed by atoms with E-state index in [1.807, 2.05) is 18.9 Å². The van der Waals surface area contributed by atoms with E-state index in [4.69, 9.17) is 9.52 Å². The van der Waals surface area contributed by atoms with E-state index in [2.05, 4.69) is 0 Å². The zero-order chi connectivity index (χ0) is 12.7. The first-order valence-electron chi connectivity index (χ1n) is 5.29. The second kappa shape index (κ2) is 3.80. The Hall–Kier alpha value is -1.98. The van der Waals surface area contributed by atoms with Crippen LogP contribution in [0.3, 0.4) is 0 Å². The van der Waals surface area contributed by atoms with Gasteiger partial charge in [0, 0.05) is 26.6 Å². The van der Waals surface area contributed by atoms with Crippen molar-refractivity contribution in [3.63, 3.8) is 0 Å². The molecule has 0 fully saturated rings. The summed E-state index contributed by atoms with van der Waals surface area (Å²) in [5.41, 5.74) is 0.988. The number of carbonyl (C=O) groups is 2. The molecule has 0 saturated carbocycles. The third kappa shape index (κ3) is 1.65. The van der Waals surface area contributed by atoms with Crippen LogP contribution in [0.1, 0.15) is 24.4 Å². The molecule has 17 heavy (non-hydrogen) atoms. The smallest absolute Gasteiger partial charge is 0.374 e. The van der Waals surface area contributed by atoms with Crippen LogP contribution in [0.4, 0.5) is 11.4 Å². The Labute approximate surface area is 98.4 Å². The van der Waals surface area contributed by atoms with E-state index in [1.165, 1.54) is 18.1 Å². The number of likely N-dealkylation sites (N-methyl/N-ethyl adjacent to an activating group) is 1. The number of carboxylic acid groups (broad SMARTS) is 1. The van der Waals surface area contributed by atoms with Crippen molar-refractivity contribution in [1.29, 1.82) is 0 Å². The minimum Gasteiger partial charge on any atom is -0.475 e. The van der Waals surface area contributed by atoms with Crippen LogP contribution in [0, 0.1) is 0 Å². The predicted octanol–water partition coefficient (Wildman–Crippen LogP) is 1.17. The Bertz CT molecular complexity index is 480. The van der Waals surface area contributed by atoms with Gasteiger partial charge in [0.15, 0.2) is 0 Å². The van der Waals surface area contributed by atoms with Crippen LogP contribution in [-0.4, -0.2) is 36.6 Å². The summed E-state index contributed by atoms with van der Waals surface area (Å²) in [5, 5.41) is 9.03. The molecule has 1 unspecified atom stereocenters. The topological polar surface area (TPSA) is 74.0 Å². The number of carboxylic acids is 1. The number of amides is 1. The van der Waals surface area contributed by atoms with Crippen molar-refractivity contribution in [2.45, 2.75) is 19.9 Å². The van der Waals surface area contributed by atoms with Gasteiger partial charge in [-0.15, -0.1) is 0 Å². The third-order valence-corrected chi connectivity index (χ3v) is 3.08. The molecule has 1 atom stereocenters. The van der Waals surface area contributed by atoms with Crippen LogP contribution >= 0.6 is 0 Å². The molecule has 1 aliphatic heterocycles. The molecule has 0 bridgehead atoms. The van der Waals surface area contributed by atoms with Gasteiger partial charge in [0.05, 0.1) is 0 Å². The molecule has 1 aromatic rings. The summed E-state index contributed by atoms with van der Waals surface area (Å²) in [6.45, 7) is 3.84. The molecule has 0 radical (unpaired) electrons. The van der Waals surface area contributed by atoms with E-state index >= 15 is 0 Å². The van der Waals surface area contributed by atoms with Gasteiger partial charge in [0.25, 0.3) is 0 Å². The van der Waals surface area contributed by atoms with Gasteiger partial charge in [-0.2, -0.15) is 0 Å². The van der Waals surface area contributed by atoms with Crippen molar-refractivity contribution >= 4 is 23.3 Å². The van der Waals surface area contributed by atoms with E-state index in [-0.39, 0.29) is 17.7 Å². The summed E-state index contributed by atoms with van der Waals surface area (Å²) in [4.78, 5) is 26.0. The lowest BCUT2D eigenvalue weighted by atomic mass is 10.1. The number of fused-ring (bicyclic) bond motifs is 1. The minimum atomic E-state index is -1.17. The summed E-state index contributed by atoms with van der Waals surface area (Å²) < 4.78 is 5.04. The molecule has 92 valence electrons. The fourth-order valence-electron chi connectivity index (χ4n) is 2.01. The zero-order valence-electron chi connectivity index (χ0n) is 9.93. The van der Waals surface area contributed by atoms with Crippen molar-refractivity contribution in [2.75, 3.05) is 23.4 Å². The van der Waals surface area contributed by atoms with Crippen LogP contribution < -0.4 is 9.80 Å². The Morgan fingerprint density at radius 3 is 2.71 bits per heavy atom. The first kappa shape index (κ1) is 11.5. The summed E-state index contributed by atoms with van der Waals surface area (Å²) in [6, 6.07) is 0.116. The van der Waals surface area contributed by atoms with E-state index in [1.54, 1.807) is 0 Å². The van der Waals surface area contributed by atoms with Gasteiger partial charge in [-0.1, -0.05) is 0 Å². The highest BCUT2D eigenvalue weighted by molar-refractivity contribution is 6.04. The summed E-state index contributed by atoms with van der Waals surface area (Å²) in [6.07, 6.45) is 1.38. The predicted molar refractivity (Wildman–Crippen MR) is 61.6 cm³/mol. The molecular weight excluding hydrogens is 224 g/mol. The van der Waals surface area contributed by atoms with Crippen LogP contribution in [0.25, 0.3) is 0 Å². The van der Waals surface area contributed by atoms with Crippen molar-refractivity contribution in [2.24, 2.45) is 0 Å². The highest BCUT2D eigenvalue weighted by atomic mass is 16.4. The third-order valence-electron chi connectivity index (χ3n) is 3.08. The quantitative estimate of drug-likeness (QED) is 0.794. The number of carbonyl (C=O) groups excluding carboxylic acids is 1. The summed E-state index contributed by atoms with van der Waals surface area (Å²) >= 11 is 0. The second-order valence-electron chi connectivity index (χ2n) is 4.19. The van der Waals surface area contributed by atoms with E-state index in [9.17, 15) is 9.59 Å². The van der Waals surface area contributed by atoms with E-state index in [0.717, 1.165) is 0 Å². The lowest BCUT2D eigenvalue weighted by molar-refractivity contribution is -0.116. The number of hydrogen-bond donors (Lipinski definition) is 1. The number of nitrogens with zero attached hydrogens (tertiary/aromatic N) is 2. The molecule has 2 heterocycles. The first-order chi connectivity index (χ1) is 7.93. The maximum Gasteiger partial charge on any atom is 0.374 e. The SMILES string of the molecule is CC(=O)N1CC(C)N(C)c2coc(C(=O)O)c21. The summed E-state index contributed by atoms with van der Waals surface area (Å²) in [5.74, 6) is -1.54. The van der Waals surface area contributed by atoms with Crippen molar-refractivity contribution < 1.29 is 19.1 Å². The maximum atomic E-state index is 11.6. The Morgan fingerprint density at radius 1 is 1.53 bits per heavy atom. The average molecular weight is 238 g/mol. The first-order valence-corrected chi connectivity index (χ1v) is 5.29. The summed E-state index contributed by atoms with van der Waals surface area (Å²) in [7, 11) is 1.85. The average Bonchev–Trinajstić information content (AvgIpc) is 2.67. The monoisotopic (exact) mass is 238 g/mol. The molecular formula is C11H14N2O4. The van der Waals surface area contributed by atoms with Crippen LogP contribution in [0.15, 0.2) is 10.7 Å². The van der Waals surface area contributed by atoms with Gasteiger partial charge in [0.1, 0.15) is 17.6 Å². The fourth-order valence-corrected chi connectivity index (χ4v) is 2.01. The van der Waals surface area contributed by atoms with E-state index < -0.39 is 5.97 Å². The van der Waals surface area contributed by atoms with Gasteiger partial charge in [0.2, 0.25) is 11.7 Å². The molecule has 0 aliphatic carbocycles. The molecule has 6 heteroatoms. The molecule has 1 N–H and O–H groups in total. The van der Waals surface area contributed by atoms with Crippen LogP contribution in [0.2, 0.25) is 0 Å². The van der Waals surface area contributed by atoms with Crippen molar-refractivity contribution in [3.8, 4) is 0 Å². The molecule has 6 nitrogen and oxygen atoms in total. The highest BCUT2D eigenvalue weighted by Gasteiger charge is 2.34. The standard InChI is InChI=1S/C11H14N2O4/c1-6-4-13(7(2)14)9-8(12(6)3)5-17-10(9)11(15)16/h5-6H,4H2,1-3H3,(H,15,16). The Morgan fingerprint density at radius 2 is 2.18 bits per heavy atom. The molecule has 0 spiro atoms. The zero-order valence-corrected chi connectivity index (χ0v) is 9.93. The van der Waals surface area contributed by atoms with Gasteiger partial charge < -0.3 is 19.3 Å². The Kier molecular flexibility index (Phi) is 2.57. The van der Waals surface area contributed by atoms with Gasteiger partial charge in [-0.05, 0) is 6.92 Å². The molecule has 2 rings (SSSR count). The molecule has 1 aromatic heterocycles. The van der Waals surface area contributed by atoms with Gasteiger partial charge >= 0.3 is 5.97 Å². The fraction of sp³-hybridized carbons (Fsp3) is 0.455. The van der Waals surface area contributed by atoms with Gasteiger partial charge in [-0.3, -0.25) is 4.79 Å². The number of hydrogen-bond acceptors (Lipinski definition) is 4. The second-order valence-corrected chi connectivity index (χ2v) is 4.19. The minimum absolute atomic E-state index is 0.116. The lowest BCUT2D eigenvalue weighted by Crippen LogP contribution is -2.47. The number of anilines is 2. The number of furan rings is 1. The van der Waals surface area contributed by atoms with Gasteiger partial charge in [-0.25, -0.2) is 4.79 Å². The number of rotatable bonds is 1. The number of aromatic carboxylic acids is 1. The molecule has 1 aliphatic rings.